The van der Waals surface area contributed by atoms with Crippen molar-refractivity contribution in [2.75, 3.05) is 14.2 Å². The van der Waals surface area contributed by atoms with Gasteiger partial charge in [0.1, 0.15) is 16.7 Å². The Morgan fingerprint density at radius 2 is 1.32 bits per heavy atom. The summed E-state index contributed by atoms with van der Waals surface area (Å²) in [5.41, 5.74) is -3.27. The van der Waals surface area contributed by atoms with Crippen LogP contribution in [0.15, 0.2) is 0 Å². The van der Waals surface area contributed by atoms with E-state index in [1.807, 2.05) is 0 Å². The van der Waals surface area contributed by atoms with Gasteiger partial charge < -0.3 is 14.2 Å². The molecule has 0 radical (unpaired) electrons. The zero-order valence-corrected chi connectivity index (χ0v) is 16.4. The number of methoxy groups -OCH3 is 2. The van der Waals surface area contributed by atoms with Gasteiger partial charge in [-0.25, -0.2) is 14.4 Å². The average Bonchev–Trinajstić information content (AvgIpc) is 2.57. The minimum atomic E-state index is -1.25. The topological polar surface area (TPSA) is 82.1 Å². The number of carbonyl (C=O) groups is 3. The number of hydrogen-bond donors (Lipinski definition) is 0. The molecule has 0 spiro atoms. The van der Waals surface area contributed by atoms with E-state index in [-0.39, 0.29) is 0 Å². The predicted octanol–water partition coefficient (Wildman–Crippen LogP) is 3.05. The minimum Gasteiger partial charge on any atom is -0.467 e. The first-order valence-electron chi connectivity index (χ1n) is 8.74. The van der Waals surface area contributed by atoms with Gasteiger partial charge in [-0.05, 0) is 52.9 Å². The maximum Gasteiger partial charge on any atom is 0.412 e. The van der Waals surface area contributed by atoms with Gasteiger partial charge >= 0.3 is 18.0 Å². The number of rotatable bonds is 4. The van der Waals surface area contributed by atoms with Gasteiger partial charge in [0.15, 0.2) is 0 Å². The summed E-state index contributed by atoms with van der Waals surface area (Å²) in [5.74, 6) is -1.08. The van der Waals surface area contributed by atoms with Crippen LogP contribution >= 0.6 is 0 Å². The Morgan fingerprint density at radius 1 is 0.920 bits per heavy atom. The molecule has 0 aliphatic carbocycles. The number of ether oxygens (including phenoxy) is 3. The highest BCUT2D eigenvalue weighted by Gasteiger charge is 2.61. The number of likely N-dealkylation sites (tertiary alicyclic amines) is 1. The van der Waals surface area contributed by atoms with E-state index in [2.05, 4.69) is 0 Å². The second kappa shape index (κ2) is 7.62. The van der Waals surface area contributed by atoms with Crippen molar-refractivity contribution in [3.8, 4) is 0 Å². The minimum absolute atomic E-state index is 0.317. The summed E-state index contributed by atoms with van der Waals surface area (Å²) < 4.78 is 15.6. The Hall–Kier alpha value is -1.79. The highest BCUT2D eigenvalue weighted by Crippen LogP contribution is 2.44. The summed E-state index contributed by atoms with van der Waals surface area (Å²) in [6.45, 7) is 8.83. The van der Waals surface area contributed by atoms with E-state index in [1.165, 1.54) is 19.1 Å². The molecular weight excluding hydrogens is 326 g/mol. The summed E-state index contributed by atoms with van der Waals surface area (Å²) in [4.78, 5) is 39.8. The van der Waals surface area contributed by atoms with Crippen LogP contribution in [0.3, 0.4) is 0 Å². The van der Waals surface area contributed by atoms with Crippen LogP contribution in [0.1, 0.15) is 66.7 Å². The van der Waals surface area contributed by atoms with Gasteiger partial charge in [0, 0.05) is 0 Å². The Kier molecular flexibility index (Phi) is 6.48. The van der Waals surface area contributed by atoms with Crippen LogP contribution in [0, 0.1) is 0 Å². The summed E-state index contributed by atoms with van der Waals surface area (Å²) >= 11 is 0. The summed E-state index contributed by atoms with van der Waals surface area (Å²) in [5, 5.41) is 0. The molecular formula is C18H31NO6. The molecule has 0 aromatic carbocycles. The molecule has 0 aromatic rings. The summed E-state index contributed by atoms with van der Waals surface area (Å²) in [6, 6.07) is 0. The normalized spacial score (nSPS) is 26.8. The van der Waals surface area contributed by atoms with Gasteiger partial charge in [-0.3, -0.25) is 4.90 Å². The van der Waals surface area contributed by atoms with Gasteiger partial charge in [0.05, 0.1) is 14.2 Å². The molecule has 1 heterocycles. The predicted molar refractivity (Wildman–Crippen MR) is 92.0 cm³/mol. The van der Waals surface area contributed by atoms with Crippen molar-refractivity contribution in [3.05, 3.63) is 0 Å². The van der Waals surface area contributed by atoms with Crippen LogP contribution in [0.2, 0.25) is 0 Å². The molecule has 0 bridgehead atoms. The van der Waals surface area contributed by atoms with Gasteiger partial charge in [0.25, 0.3) is 0 Å². The first kappa shape index (κ1) is 21.3. The Balaban J connectivity index is 3.59. The number of piperidine rings is 1. The molecule has 0 saturated carbocycles. The molecule has 0 unspecified atom stereocenters. The third-order valence-electron chi connectivity index (χ3n) is 4.91. The first-order chi connectivity index (χ1) is 11.5. The molecule has 25 heavy (non-hydrogen) atoms. The molecule has 1 aliphatic heterocycles. The molecule has 1 amide bonds. The summed E-state index contributed by atoms with van der Waals surface area (Å²) in [6.07, 6.45) is 1.36. The Morgan fingerprint density at radius 3 is 1.60 bits per heavy atom. The van der Waals surface area contributed by atoms with E-state index in [9.17, 15) is 14.4 Å². The molecule has 1 aliphatic rings. The standard InChI is InChI=1S/C18H31NO6/c1-8-17(13(20)23-6)11-10-12-18(9-2,14(21)24-7)19(17)15(22)25-16(3,4)5/h8-12H2,1-7H3/t17-,18+. The van der Waals surface area contributed by atoms with Crippen LogP contribution in [0.25, 0.3) is 0 Å². The second-order valence-electron chi connectivity index (χ2n) is 7.42. The van der Waals surface area contributed by atoms with Crippen LogP contribution in [-0.4, -0.2) is 53.8 Å². The van der Waals surface area contributed by atoms with Crippen molar-refractivity contribution >= 4 is 18.0 Å². The lowest BCUT2D eigenvalue weighted by molar-refractivity contribution is -0.178. The SMILES string of the molecule is CC[C@@]1(C(=O)OC)CCC[C@](CC)(C(=O)OC)N1C(=O)OC(C)(C)C. The maximum atomic E-state index is 13.1. The fraction of sp³-hybridized carbons (Fsp3) is 0.833. The van der Waals surface area contributed by atoms with Crippen LogP contribution < -0.4 is 0 Å². The van der Waals surface area contributed by atoms with Crippen molar-refractivity contribution in [1.82, 2.24) is 4.90 Å². The highest BCUT2D eigenvalue weighted by molar-refractivity contribution is 5.92. The Bertz CT molecular complexity index is 494. The Labute approximate surface area is 150 Å². The average molecular weight is 357 g/mol. The van der Waals surface area contributed by atoms with Gasteiger partial charge in [-0.1, -0.05) is 13.8 Å². The third-order valence-corrected chi connectivity index (χ3v) is 4.91. The van der Waals surface area contributed by atoms with E-state index >= 15 is 0 Å². The molecule has 0 aromatic heterocycles. The largest absolute Gasteiger partial charge is 0.467 e. The lowest BCUT2D eigenvalue weighted by atomic mass is 9.73. The van der Waals surface area contributed by atoms with Gasteiger partial charge in [-0.15, -0.1) is 0 Å². The van der Waals surface area contributed by atoms with Crippen LogP contribution in [-0.2, 0) is 23.8 Å². The van der Waals surface area contributed by atoms with Gasteiger partial charge in [-0.2, -0.15) is 0 Å². The third kappa shape index (κ3) is 3.75. The fourth-order valence-electron chi connectivity index (χ4n) is 3.69. The maximum absolute atomic E-state index is 13.1. The lowest BCUT2D eigenvalue weighted by Gasteiger charge is -2.53. The van der Waals surface area contributed by atoms with Crippen LogP contribution in [0.4, 0.5) is 4.79 Å². The highest BCUT2D eigenvalue weighted by atomic mass is 16.6. The van der Waals surface area contributed by atoms with E-state index < -0.39 is 34.7 Å². The monoisotopic (exact) mass is 357 g/mol. The number of amides is 1. The lowest BCUT2D eigenvalue weighted by Crippen LogP contribution is -2.71. The molecule has 1 fully saturated rings. The van der Waals surface area contributed by atoms with Crippen molar-refractivity contribution in [1.29, 1.82) is 0 Å². The van der Waals surface area contributed by atoms with Crippen molar-refractivity contribution in [3.63, 3.8) is 0 Å². The molecule has 1 saturated heterocycles. The fourth-order valence-corrected chi connectivity index (χ4v) is 3.69. The molecule has 7 heteroatoms. The quantitative estimate of drug-likeness (QED) is 0.568. The van der Waals surface area contributed by atoms with Gasteiger partial charge in [0.2, 0.25) is 0 Å². The van der Waals surface area contributed by atoms with E-state index in [0.717, 1.165) is 0 Å². The molecule has 2 atom stereocenters. The van der Waals surface area contributed by atoms with Crippen LogP contribution in [0.5, 0.6) is 0 Å². The molecule has 7 nitrogen and oxygen atoms in total. The second-order valence-corrected chi connectivity index (χ2v) is 7.42. The smallest absolute Gasteiger partial charge is 0.412 e. The zero-order valence-electron chi connectivity index (χ0n) is 16.4. The van der Waals surface area contributed by atoms with Crippen molar-refractivity contribution < 1.29 is 28.6 Å². The molecule has 0 N–H and O–H groups in total. The number of hydrogen-bond acceptors (Lipinski definition) is 6. The number of nitrogens with zero attached hydrogens (tertiary/aromatic N) is 1. The number of carbonyl (C=O) groups excluding carboxylic acids is 3. The summed E-state index contributed by atoms with van der Waals surface area (Å²) in [7, 11) is 2.57. The van der Waals surface area contributed by atoms with E-state index in [0.29, 0.717) is 32.1 Å². The first-order valence-corrected chi connectivity index (χ1v) is 8.74. The molecule has 1 rings (SSSR count). The van der Waals surface area contributed by atoms with Crippen molar-refractivity contribution in [2.45, 2.75) is 83.4 Å². The van der Waals surface area contributed by atoms with Crippen molar-refractivity contribution in [2.24, 2.45) is 0 Å². The van der Waals surface area contributed by atoms with E-state index in [4.69, 9.17) is 14.2 Å². The molecule has 144 valence electrons. The zero-order chi connectivity index (χ0) is 19.5. The number of esters is 2. The van der Waals surface area contributed by atoms with E-state index in [1.54, 1.807) is 34.6 Å².